The number of aryl methyl sites for hydroxylation is 1. The van der Waals surface area contributed by atoms with E-state index in [9.17, 15) is 19.1 Å². The molecule has 1 aliphatic rings. The van der Waals surface area contributed by atoms with E-state index < -0.39 is 23.5 Å². The number of hydrogen-bond donors (Lipinski definition) is 1. The number of benzene rings is 3. The number of rotatable bonds is 5. The minimum absolute atomic E-state index is 0.0941. The van der Waals surface area contributed by atoms with Crippen LogP contribution in [0, 0.1) is 5.82 Å². The van der Waals surface area contributed by atoms with Gasteiger partial charge in [0.1, 0.15) is 17.3 Å². The molecule has 1 saturated heterocycles. The molecule has 1 aliphatic heterocycles. The van der Waals surface area contributed by atoms with Crippen LogP contribution in [-0.2, 0) is 16.0 Å². The second-order valence-electron chi connectivity index (χ2n) is 8.10. The zero-order valence-corrected chi connectivity index (χ0v) is 19.8. The average Bonchev–Trinajstić information content (AvgIpc) is 3.41. The zero-order valence-electron chi connectivity index (χ0n) is 19.0. The number of ether oxygens (including phenoxy) is 1. The van der Waals surface area contributed by atoms with Crippen LogP contribution < -0.4 is 9.64 Å². The maximum absolute atomic E-state index is 13.5. The minimum atomic E-state index is -0.943. The number of fused-ring (bicyclic) bond motifs is 1. The van der Waals surface area contributed by atoms with Crippen molar-refractivity contribution in [2.24, 2.45) is 0 Å². The highest BCUT2D eigenvalue weighted by Crippen LogP contribution is 2.44. The van der Waals surface area contributed by atoms with Crippen LogP contribution in [0.3, 0.4) is 0 Å². The highest BCUT2D eigenvalue weighted by atomic mass is 32.1. The molecule has 1 amide bonds. The largest absolute Gasteiger partial charge is 0.507 e. The van der Waals surface area contributed by atoms with Crippen LogP contribution in [0.5, 0.6) is 5.75 Å². The van der Waals surface area contributed by atoms with E-state index in [1.165, 1.54) is 47.6 Å². The molecule has 0 saturated carbocycles. The molecule has 3 aromatic carbocycles. The van der Waals surface area contributed by atoms with Crippen molar-refractivity contribution in [1.29, 1.82) is 0 Å². The molecule has 0 aliphatic carbocycles. The fraction of sp³-hybridized carbons (Fsp3) is 0.148. The maximum Gasteiger partial charge on any atom is 0.301 e. The summed E-state index contributed by atoms with van der Waals surface area (Å²) in [6.07, 6.45) is 0.856. The Labute approximate surface area is 204 Å². The van der Waals surface area contributed by atoms with Gasteiger partial charge in [0, 0.05) is 5.56 Å². The molecule has 176 valence electrons. The number of aliphatic hydroxyl groups excluding tert-OH is 1. The number of carbonyl (C=O) groups is 2. The van der Waals surface area contributed by atoms with Crippen molar-refractivity contribution >= 4 is 44.1 Å². The topological polar surface area (TPSA) is 79.7 Å². The molecule has 4 aromatic rings. The lowest BCUT2D eigenvalue weighted by atomic mass is 9.95. The summed E-state index contributed by atoms with van der Waals surface area (Å²) >= 11 is 1.31. The molecule has 2 heterocycles. The lowest BCUT2D eigenvalue weighted by molar-refractivity contribution is -0.132. The third-order valence-electron chi connectivity index (χ3n) is 6.03. The molecule has 0 spiro atoms. The van der Waals surface area contributed by atoms with E-state index in [-0.39, 0.29) is 16.9 Å². The van der Waals surface area contributed by atoms with Crippen LogP contribution in [0.4, 0.5) is 9.52 Å². The number of aliphatic hydroxyl groups is 1. The van der Waals surface area contributed by atoms with Crippen LogP contribution >= 0.6 is 11.3 Å². The number of aromatic nitrogens is 1. The standard InChI is InChI=1S/C27H21FN2O4S/c1-3-15-7-12-20-21(13-15)35-27(29-20)30-23(17-5-4-6-19(14-17)34-2)22(25(32)26(30)33)24(31)16-8-10-18(28)11-9-16/h4-14,23,31H,3H2,1-2H3/b24-22+/t23-/m1/s1. The Bertz CT molecular complexity index is 1490. The molecular weight excluding hydrogens is 467 g/mol. The van der Waals surface area contributed by atoms with Crippen LogP contribution in [0.25, 0.3) is 16.0 Å². The minimum Gasteiger partial charge on any atom is -0.507 e. The maximum atomic E-state index is 13.5. The van der Waals surface area contributed by atoms with Gasteiger partial charge in [0.15, 0.2) is 5.13 Å². The Balaban J connectivity index is 1.72. The average molecular weight is 489 g/mol. The molecule has 0 radical (unpaired) electrons. The summed E-state index contributed by atoms with van der Waals surface area (Å²) in [4.78, 5) is 32.6. The SMILES string of the molecule is CCc1ccc2nc(N3C(=O)C(=O)/C(=C(/O)c4ccc(F)cc4)[C@H]3c3cccc(OC)c3)sc2c1. The lowest BCUT2D eigenvalue weighted by Crippen LogP contribution is -2.29. The fourth-order valence-corrected chi connectivity index (χ4v) is 5.26. The zero-order chi connectivity index (χ0) is 24.7. The van der Waals surface area contributed by atoms with Gasteiger partial charge < -0.3 is 9.84 Å². The van der Waals surface area contributed by atoms with Crippen LogP contribution in [0.15, 0.2) is 72.3 Å². The molecule has 0 unspecified atom stereocenters. The number of hydrogen-bond acceptors (Lipinski definition) is 6. The number of nitrogens with zero attached hydrogens (tertiary/aromatic N) is 2. The molecule has 1 atom stereocenters. The van der Waals surface area contributed by atoms with E-state index in [4.69, 9.17) is 4.74 Å². The van der Waals surface area contributed by atoms with Crippen LogP contribution in [-0.4, -0.2) is 28.9 Å². The Morgan fingerprint density at radius 1 is 1.11 bits per heavy atom. The first-order valence-corrected chi connectivity index (χ1v) is 11.8. The molecule has 0 bridgehead atoms. The van der Waals surface area contributed by atoms with Crippen molar-refractivity contribution in [2.75, 3.05) is 12.0 Å². The van der Waals surface area contributed by atoms with Crippen molar-refractivity contribution in [3.63, 3.8) is 0 Å². The van der Waals surface area contributed by atoms with Crippen molar-refractivity contribution < 1.29 is 23.8 Å². The van der Waals surface area contributed by atoms with E-state index in [0.717, 1.165) is 16.7 Å². The van der Waals surface area contributed by atoms with Gasteiger partial charge in [-0.2, -0.15) is 0 Å². The second-order valence-corrected chi connectivity index (χ2v) is 9.11. The van der Waals surface area contributed by atoms with Gasteiger partial charge in [0.25, 0.3) is 5.78 Å². The Kier molecular flexibility index (Phi) is 5.82. The molecule has 35 heavy (non-hydrogen) atoms. The normalized spacial score (nSPS) is 17.3. The number of halogens is 1. The summed E-state index contributed by atoms with van der Waals surface area (Å²) in [5, 5.41) is 11.5. The number of thiazole rings is 1. The summed E-state index contributed by atoms with van der Waals surface area (Å²) in [6, 6.07) is 17.0. The first-order chi connectivity index (χ1) is 16.9. The molecular formula is C27H21FN2O4S. The first-order valence-electron chi connectivity index (χ1n) is 11.0. The summed E-state index contributed by atoms with van der Waals surface area (Å²) in [5.41, 5.74) is 2.56. The van der Waals surface area contributed by atoms with Crippen LogP contribution in [0.2, 0.25) is 0 Å². The van der Waals surface area contributed by atoms with Crippen molar-refractivity contribution in [1.82, 2.24) is 4.98 Å². The summed E-state index contributed by atoms with van der Waals surface area (Å²) in [5.74, 6) is -1.96. The van der Waals surface area contributed by atoms with E-state index in [2.05, 4.69) is 11.9 Å². The van der Waals surface area contributed by atoms with Gasteiger partial charge in [0.05, 0.1) is 28.9 Å². The smallest absolute Gasteiger partial charge is 0.301 e. The van der Waals surface area contributed by atoms with Gasteiger partial charge in [0.2, 0.25) is 0 Å². The van der Waals surface area contributed by atoms with Gasteiger partial charge in [-0.1, -0.05) is 36.5 Å². The molecule has 1 N–H and O–H groups in total. The summed E-state index contributed by atoms with van der Waals surface area (Å²) < 4.78 is 19.7. The van der Waals surface area contributed by atoms with E-state index in [1.54, 1.807) is 24.3 Å². The Morgan fingerprint density at radius 3 is 2.60 bits per heavy atom. The predicted octanol–water partition coefficient (Wildman–Crippen LogP) is 5.63. The van der Waals surface area contributed by atoms with Gasteiger partial charge in [-0.15, -0.1) is 0 Å². The number of amides is 1. The van der Waals surface area contributed by atoms with Crippen molar-refractivity contribution in [2.45, 2.75) is 19.4 Å². The van der Waals surface area contributed by atoms with Crippen LogP contribution in [0.1, 0.15) is 29.7 Å². The van der Waals surface area contributed by atoms with Gasteiger partial charge in [-0.05, 0) is 66.1 Å². The Hall–Kier alpha value is -4.04. The van der Waals surface area contributed by atoms with Gasteiger partial charge in [-0.25, -0.2) is 9.37 Å². The second kappa shape index (κ2) is 8.96. The molecule has 1 aromatic heterocycles. The number of anilines is 1. The predicted molar refractivity (Wildman–Crippen MR) is 133 cm³/mol. The molecule has 8 heteroatoms. The number of carbonyl (C=O) groups excluding carboxylic acids is 2. The summed E-state index contributed by atoms with van der Waals surface area (Å²) in [7, 11) is 1.52. The number of ketones is 1. The van der Waals surface area contributed by atoms with Crippen molar-refractivity contribution in [3.8, 4) is 5.75 Å². The van der Waals surface area contributed by atoms with Gasteiger partial charge >= 0.3 is 5.91 Å². The fourth-order valence-electron chi connectivity index (χ4n) is 4.20. The highest BCUT2D eigenvalue weighted by molar-refractivity contribution is 7.22. The quantitative estimate of drug-likeness (QED) is 0.224. The number of Topliss-reactive ketones (excluding diaryl/α,β-unsaturated/α-hetero) is 1. The van der Waals surface area contributed by atoms with E-state index in [0.29, 0.717) is 22.0 Å². The first kappa shape index (κ1) is 22.7. The third-order valence-corrected chi connectivity index (χ3v) is 7.04. The highest BCUT2D eigenvalue weighted by Gasteiger charge is 2.48. The number of methoxy groups -OCH3 is 1. The molecule has 6 nitrogen and oxygen atoms in total. The van der Waals surface area contributed by atoms with E-state index in [1.807, 2.05) is 18.2 Å². The summed E-state index contributed by atoms with van der Waals surface area (Å²) in [6.45, 7) is 2.06. The monoisotopic (exact) mass is 488 g/mol. The van der Waals surface area contributed by atoms with E-state index >= 15 is 0 Å². The third kappa shape index (κ3) is 3.95. The molecule has 1 fully saturated rings. The van der Waals surface area contributed by atoms with Gasteiger partial charge in [-0.3, -0.25) is 14.5 Å². The van der Waals surface area contributed by atoms with Crippen molar-refractivity contribution in [3.05, 3.63) is 94.8 Å². The lowest BCUT2D eigenvalue weighted by Gasteiger charge is -2.23. The molecule has 5 rings (SSSR count). The Morgan fingerprint density at radius 2 is 1.89 bits per heavy atom.